The maximum atomic E-state index is 6.12. The Hall–Kier alpha value is -2.37. The number of anilines is 1. The summed E-state index contributed by atoms with van der Waals surface area (Å²) in [6, 6.07) is 10.7. The first-order valence-corrected chi connectivity index (χ1v) is 7.49. The molecule has 0 aliphatic heterocycles. The van der Waals surface area contributed by atoms with Crippen LogP contribution in [0.25, 0.3) is 11.3 Å². The molecule has 0 aliphatic carbocycles. The molecule has 2 heterocycles. The Morgan fingerprint density at radius 2 is 1.83 bits per heavy atom. The van der Waals surface area contributed by atoms with E-state index in [9.17, 15) is 0 Å². The molecule has 2 aromatic heterocycles. The quantitative estimate of drug-likeness (QED) is 0.772. The zero-order valence-electron chi connectivity index (χ0n) is 11.9. The van der Waals surface area contributed by atoms with Gasteiger partial charge in [0.1, 0.15) is 6.61 Å². The van der Waals surface area contributed by atoms with Crippen LogP contribution in [0.5, 0.6) is 5.88 Å². The molecule has 0 atom stereocenters. The smallest absolute Gasteiger partial charge is 0.219 e. The Morgan fingerprint density at radius 3 is 2.57 bits per heavy atom. The number of rotatable bonds is 4. The predicted molar refractivity (Wildman–Crippen MR) is 90.5 cm³/mol. The molecular weight excluding hydrogens is 335 g/mol. The number of pyridine rings is 1. The van der Waals surface area contributed by atoms with Gasteiger partial charge in [-0.1, -0.05) is 35.3 Å². The third-order valence-electron chi connectivity index (χ3n) is 3.08. The minimum atomic E-state index is 0.221. The maximum Gasteiger partial charge on any atom is 0.219 e. The number of nitrogen functional groups attached to an aromatic ring is 1. The number of aromatic nitrogens is 3. The van der Waals surface area contributed by atoms with E-state index in [0.717, 1.165) is 11.1 Å². The van der Waals surface area contributed by atoms with Crippen LogP contribution in [0, 0.1) is 0 Å². The van der Waals surface area contributed by atoms with Crippen LogP contribution in [-0.4, -0.2) is 15.0 Å². The Balaban J connectivity index is 1.76. The molecule has 116 valence electrons. The highest BCUT2D eigenvalue weighted by atomic mass is 35.5. The highest BCUT2D eigenvalue weighted by Gasteiger charge is 2.06. The van der Waals surface area contributed by atoms with Crippen molar-refractivity contribution in [3.8, 4) is 17.1 Å². The maximum absolute atomic E-state index is 6.12. The van der Waals surface area contributed by atoms with Crippen molar-refractivity contribution in [2.24, 2.45) is 0 Å². The molecule has 0 saturated heterocycles. The first-order chi connectivity index (χ1) is 11.1. The lowest BCUT2D eigenvalue weighted by molar-refractivity contribution is 0.294. The van der Waals surface area contributed by atoms with Gasteiger partial charge in [0.2, 0.25) is 11.8 Å². The van der Waals surface area contributed by atoms with Gasteiger partial charge in [0.15, 0.2) is 0 Å². The van der Waals surface area contributed by atoms with Crippen molar-refractivity contribution in [3.05, 3.63) is 64.4 Å². The van der Waals surface area contributed by atoms with E-state index in [4.69, 9.17) is 33.7 Å². The summed E-state index contributed by atoms with van der Waals surface area (Å²) in [5.41, 5.74) is 7.77. The molecule has 7 heteroatoms. The number of nitrogens with two attached hydrogens (primary N) is 1. The van der Waals surface area contributed by atoms with Crippen molar-refractivity contribution < 1.29 is 4.74 Å². The van der Waals surface area contributed by atoms with Crippen molar-refractivity contribution >= 4 is 29.2 Å². The fraction of sp³-hybridized carbons (Fsp3) is 0.0625. The minimum absolute atomic E-state index is 0.221. The van der Waals surface area contributed by atoms with Crippen LogP contribution in [-0.2, 0) is 6.61 Å². The molecule has 0 unspecified atom stereocenters. The molecule has 0 saturated carbocycles. The van der Waals surface area contributed by atoms with E-state index in [1.165, 1.54) is 0 Å². The van der Waals surface area contributed by atoms with Gasteiger partial charge in [0, 0.05) is 39.6 Å². The van der Waals surface area contributed by atoms with Gasteiger partial charge in [-0.2, -0.15) is 0 Å². The summed E-state index contributed by atoms with van der Waals surface area (Å²) in [5.74, 6) is 0.698. The molecule has 0 spiro atoms. The molecule has 0 fully saturated rings. The molecule has 0 amide bonds. The average Bonchev–Trinajstić information content (AvgIpc) is 2.55. The molecule has 23 heavy (non-hydrogen) atoms. The van der Waals surface area contributed by atoms with Gasteiger partial charge in [0.05, 0.1) is 5.69 Å². The monoisotopic (exact) mass is 346 g/mol. The molecule has 0 radical (unpaired) electrons. The van der Waals surface area contributed by atoms with E-state index in [-0.39, 0.29) is 5.95 Å². The number of hydrogen-bond acceptors (Lipinski definition) is 5. The zero-order valence-corrected chi connectivity index (χ0v) is 13.4. The van der Waals surface area contributed by atoms with Gasteiger partial charge in [0.25, 0.3) is 0 Å². The van der Waals surface area contributed by atoms with Gasteiger partial charge in [-0.3, -0.25) is 0 Å². The largest absolute Gasteiger partial charge is 0.473 e. The summed E-state index contributed by atoms with van der Waals surface area (Å²) in [7, 11) is 0. The van der Waals surface area contributed by atoms with Crippen molar-refractivity contribution in [2.45, 2.75) is 6.61 Å². The lowest BCUT2D eigenvalue weighted by Crippen LogP contribution is -1.99. The predicted octanol–water partition coefficient (Wildman–Crippen LogP) is 4.01. The lowest BCUT2D eigenvalue weighted by atomic mass is 10.2. The van der Waals surface area contributed by atoms with Crippen LogP contribution in [0.3, 0.4) is 0 Å². The van der Waals surface area contributed by atoms with E-state index in [0.29, 0.717) is 28.2 Å². The Morgan fingerprint density at radius 1 is 1.04 bits per heavy atom. The van der Waals surface area contributed by atoms with E-state index < -0.39 is 0 Å². The van der Waals surface area contributed by atoms with Crippen LogP contribution in [0.15, 0.2) is 48.8 Å². The molecule has 2 N–H and O–H groups in total. The van der Waals surface area contributed by atoms with Crippen molar-refractivity contribution in [1.29, 1.82) is 0 Å². The SMILES string of the molecule is Nc1ncc(-c2cccc(OCc3ccc(Cl)cc3Cl)n2)cn1. The number of ether oxygens (including phenoxy) is 1. The summed E-state index contributed by atoms with van der Waals surface area (Å²) in [4.78, 5) is 12.3. The summed E-state index contributed by atoms with van der Waals surface area (Å²) >= 11 is 12.0. The summed E-state index contributed by atoms with van der Waals surface area (Å²) in [6.07, 6.45) is 3.23. The van der Waals surface area contributed by atoms with Crippen molar-refractivity contribution in [1.82, 2.24) is 15.0 Å². The number of hydrogen-bond donors (Lipinski definition) is 1. The fourth-order valence-electron chi connectivity index (χ4n) is 1.92. The molecular formula is C16H12Cl2N4O. The standard InChI is InChI=1S/C16H12Cl2N4O/c17-12-5-4-10(13(18)6-12)9-23-15-3-1-2-14(22-15)11-7-20-16(19)21-8-11/h1-8H,9H2,(H2,19,20,21). The average molecular weight is 347 g/mol. The van der Waals surface area contributed by atoms with Crippen LogP contribution in [0.1, 0.15) is 5.56 Å². The second-order valence-electron chi connectivity index (χ2n) is 4.72. The third kappa shape index (κ3) is 3.88. The van der Waals surface area contributed by atoms with Gasteiger partial charge in [-0.05, 0) is 18.2 Å². The second kappa shape index (κ2) is 6.81. The van der Waals surface area contributed by atoms with Gasteiger partial charge in [-0.25, -0.2) is 15.0 Å². The van der Waals surface area contributed by atoms with Crippen LogP contribution in [0.2, 0.25) is 10.0 Å². The topological polar surface area (TPSA) is 73.9 Å². The fourth-order valence-corrected chi connectivity index (χ4v) is 2.38. The van der Waals surface area contributed by atoms with Crippen LogP contribution >= 0.6 is 23.2 Å². The van der Waals surface area contributed by atoms with E-state index in [2.05, 4.69) is 15.0 Å². The minimum Gasteiger partial charge on any atom is -0.473 e. The zero-order chi connectivity index (χ0) is 16.2. The molecule has 0 aliphatic rings. The Labute approximate surface area is 143 Å². The number of nitrogens with zero attached hydrogens (tertiary/aromatic N) is 3. The summed E-state index contributed by atoms with van der Waals surface area (Å²) < 4.78 is 5.69. The van der Waals surface area contributed by atoms with Gasteiger partial charge < -0.3 is 10.5 Å². The Kier molecular flexibility index (Phi) is 4.60. The molecule has 3 rings (SSSR count). The van der Waals surface area contributed by atoms with Crippen LogP contribution in [0.4, 0.5) is 5.95 Å². The first kappa shape index (κ1) is 15.5. The van der Waals surface area contributed by atoms with Gasteiger partial charge in [-0.15, -0.1) is 0 Å². The highest BCUT2D eigenvalue weighted by Crippen LogP contribution is 2.23. The van der Waals surface area contributed by atoms with Crippen molar-refractivity contribution in [2.75, 3.05) is 5.73 Å². The third-order valence-corrected chi connectivity index (χ3v) is 3.67. The first-order valence-electron chi connectivity index (χ1n) is 6.73. The summed E-state index contributed by atoms with van der Waals surface area (Å²) in [6.45, 7) is 0.296. The van der Waals surface area contributed by atoms with Gasteiger partial charge >= 0.3 is 0 Å². The number of benzene rings is 1. The van der Waals surface area contributed by atoms with E-state index >= 15 is 0 Å². The number of halogens is 2. The molecule has 3 aromatic rings. The molecule has 5 nitrogen and oxygen atoms in total. The highest BCUT2D eigenvalue weighted by molar-refractivity contribution is 6.35. The summed E-state index contributed by atoms with van der Waals surface area (Å²) in [5, 5.41) is 1.14. The van der Waals surface area contributed by atoms with Crippen LogP contribution < -0.4 is 10.5 Å². The second-order valence-corrected chi connectivity index (χ2v) is 5.56. The lowest BCUT2D eigenvalue weighted by Gasteiger charge is -2.08. The molecule has 0 bridgehead atoms. The molecule has 1 aromatic carbocycles. The van der Waals surface area contributed by atoms with Crippen molar-refractivity contribution in [3.63, 3.8) is 0 Å². The van der Waals surface area contributed by atoms with E-state index in [1.807, 2.05) is 18.2 Å². The Bertz CT molecular complexity index is 825. The normalized spacial score (nSPS) is 10.5. The van der Waals surface area contributed by atoms with E-state index in [1.54, 1.807) is 30.6 Å².